The van der Waals surface area contributed by atoms with Crippen molar-refractivity contribution in [2.45, 2.75) is 25.8 Å². The van der Waals surface area contributed by atoms with Crippen LogP contribution in [0.1, 0.15) is 24.8 Å². The van der Waals surface area contributed by atoms with E-state index in [1.807, 2.05) is 17.2 Å². The van der Waals surface area contributed by atoms with Gasteiger partial charge in [0, 0.05) is 45.7 Å². The van der Waals surface area contributed by atoms with Crippen molar-refractivity contribution in [2.24, 2.45) is 5.41 Å². The lowest BCUT2D eigenvalue weighted by Crippen LogP contribution is -2.47. The number of ether oxygens (including phenoxy) is 1. The number of rotatable bonds is 5. The molecule has 2 saturated heterocycles. The Kier molecular flexibility index (Phi) is 4.74. The van der Waals surface area contributed by atoms with E-state index in [1.54, 1.807) is 13.3 Å². The van der Waals surface area contributed by atoms with Crippen molar-refractivity contribution in [1.82, 2.24) is 14.8 Å². The predicted molar refractivity (Wildman–Crippen MR) is 84.3 cm³/mol. The van der Waals surface area contributed by atoms with Crippen molar-refractivity contribution in [3.8, 4) is 0 Å². The summed E-state index contributed by atoms with van der Waals surface area (Å²) >= 11 is 0. The summed E-state index contributed by atoms with van der Waals surface area (Å²) in [7, 11) is 1.69. The van der Waals surface area contributed by atoms with Gasteiger partial charge in [-0.25, -0.2) is 0 Å². The Hall–Kier alpha value is -1.46. The average Bonchev–Trinajstić information content (AvgIpc) is 2.83. The lowest BCUT2D eigenvalue weighted by Gasteiger charge is -2.39. The molecule has 1 aromatic heterocycles. The lowest BCUT2D eigenvalue weighted by molar-refractivity contribution is -0.139. The predicted octanol–water partition coefficient (Wildman–Crippen LogP) is 1.54. The van der Waals surface area contributed by atoms with Crippen LogP contribution in [0.5, 0.6) is 0 Å². The van der Waals surface area contributed by atoms with Gasteiger partial charge in [-0.2, -0.15) is 0 Å². The molecule has 5 nitrogen and oxygen atoms in total. The maximum atomic E-state index is 12.8. The molecule has 1 amide bonds. The first-order valence-corrected chi connectivity index (χ1v) is 8.13. The van der Waals surface area contributed by atoms with Crippen molar-refractivity contribution in [3.05, 3.63) is 30.1 Å². The largest absolute Gasteiger partial charge is 0.383 e. The highest BCUT2D eigenvalue weighted by atomic mass is 16.5. The number of hydrogen-bond acceptors (Lipinski definition) is 4. The summed E-state index contributed by atoms with van der Waals surface area (Å²) in [5.41, 5.74) is 1.06. The normalized spacial score (nSPS) is 26.0. The van der Waals surface area contributed by atoms with Gasteiger partial charge in [0.25, 0.3) is 0 Å². The van der Waals surface area contributed by atoms with Gasteiger partial charge in [0.15, 0.2) is 0 Å². The second kappa shape index (κ2) is 6.75. The topological polar surface area (TPSA) is 45.7 Å². The SMILES string of the molecule is COCCN1CC[C@]2(CCCN(Cc3cccnc3)C2)C1=O. The molecule has 1 atom stereocenters. The van der Waals surface area contributed by atoms with Gasteiger partial charge < -0.3 is 9.64 Å². The van der Waals surface area contributed by atoms with E-state index in [0.29, 0.717) is 12.5 Å². The summed E-state index contributed by atoms with van der Waals surface area (Å²) in [5.74, 6) is 0.334. The summed E-state index contributed by atoms with van der Waals surface area (Å²) in [5, 5.41) is 0. The van der Waals surface area contributed by atoms with Crippen molar-refractivity contribution in [1.29, 1.82) is 0 Å². The van der Waals surface area contributed by atoms with E-state index in [9.17, 15) is 4.79 Å². The number of amides is 1. The van der Waals surface area contributed by atoms with E-state index in [0.717, 1.165) is 52.0 Å². The van der Waals surface area contributed by atoms with Gasteiger partial charge in [-0.05, 0) is 37.4 Å². The van der Waals surface area contributed by atoms with E-state index in [4.69, 9.17) is 4.74 Å². The van der Waals surface area contributed by atoms with Crippen LogP contribution in [0.4, 0.5) is 0 Å². The maximum Gasteiger partial charge on any atom is 0.230 e. The summed E-state index contributed by atoms with van der Waals surface area (Å²) in [6.45, 7) is 5.07. The van der Waals surface area contributed by atoms with Crippen molar-refractivity contribution < 1.29 is 9.53 Å². The number of methoxy groups -OCH3 is 1. The van der Waals surface area contributed by atoms with Gasteiger partial charge in [-0.15, -0.1) is 0 Å². The first-order chi connectivity index (χ1) is 10.7. The van der Waals surface area contributed by atoms with Crippen LogP contribution in [0, 0.1) is 5.41 Å². The molecular weight excluding hydrogens is 278 g/mol. The molecule has 0 saturated carbocycles. The van der Waals surface area contributed by atoms with Crippen LogP contribution in [0.15, 0.2) is 24.5 Å². The van der Waals surface area contributed by atoms with E-state index < -0.39 is 0 Å². The van der Waals surface area contributed by atoms with E-state index in [1.165, 1.54) is 5.56 Å². The Morgan fingerprint density at radius 1 is 1.36 bits per heavy atom. The Morgan fingerprint density at radius 2 is 2.27 bits per heavy atom. The minimum atomic E-state index is -0.159. The number of hydrogen-bond donors (Lipinski definition) is 0. The van der Waals surface area contributed by atoms with Gasteiger partial charge in [0.2, 0.25) is 5.91 Å². The molecule has 0 aliphatic carbocycles. The summed E-state index contributed by atoms with van der Waals surface area (Å²) in [4.78, 5) is 21.4. The number of aromatic nitrogens is 1. The molecule has 1 spiro atoms. The zero-order valence-electron chi connectivity index (χ0n) is 13.3. The molecule has 0 N–H and O–H groups in total. The molecule has 22 heavy (non-hydrogen) atoms. The van der Waals surface area contributed by atoms with E-state index >= 15 is 0 Å². The van der Waals surface area contributed by atoms with Crippen molar-refractivity contribution >= 4 is 5.91 Å². The quantitative estimate of drug-likeness (QED) is 0.828. The number of pyridine rings is 1. The summed E-state index contributed by atoms with van der Waals surface area (Å²) in [6, 6.07) is 4.08. The van der Waals surface area contributed by atoms with Gasteiger partial charge >= 0.3 is 0 Å². The number of piperidine rings is 1. The zero-order chi connectivity index (χ0) is 15.4. The molecule has 2 fully saturated rings. The maximum absolute atomic E-state index is 12.8. The highest BCUT2D eigenvalue weighted by Crippen LogP contribution is 2.40. The number of likely N-dealkylation sites (tertiary alicyclic amines) is 2. The van der Waals surface area contributed by atoms with Gasteiger partial charge in [0.05, 0.1) is 12.0 Å². The van der Waals surface area contributed by atoms with Crippen molar-refractivity contribution in [3.63, 3.8) is 0 Å². The molecule has 0 aromatic carbocycles. The third kappa shape index (κ3) is 3.15. The summed E-state index contributed by atoms with van der Waals surface area (Å²) in [6.07, 6.45) is 6.83. The van der Waals surface area contributed by atoms with Crippen molar-refractivity contribution in [2.75, 3.05) is 39.9 Å². The van der Waals surface area contributed by atoms with Gasteiger partial charge in [0.1, 0.15) is 0 Å². The van der Waals surface area contributed by atoms with Crippen LogP contribution in [-0.4, -0.2) is 60.6 Å². The molecule has 2 aliphatic rings. The third-order valence-electron chi connectivity index (χ3n) is 4.95. The van der Waals surface area contributed by atoms with Crippen LogP contribution in [-0.2, 0) is 16.1 Å². The molecule has 0 bridgehead atoms. The molecule has 0 radical (unpaired) electrons. The van der Waals surface area contributed by atoms with Gasteiger partial charge in [-0.3, -0.25) is 14.7 Å². The molecule has 1 aromatic rings. The van der Waals surface area contributed by atoms with Crippen LogP contribution in [0.2, 0.25) is 0 Å². The molecule has 3 rings (SSSR count). The first-order valence-electron chi connectivity index (χ1n) is 8.13. The Balaban J connectivity index is 1.64. The molecule has 2 aliphatic heterocycles. The van der Waals surface area contributed by atoms with Crippen LogP contribution in [0.25, 0.3) is 0 Å². The molecular formula is C17H25N3O2. The Morgan fingerprint density at radius 3 is 3.05 bits per heavy atom. The van der Waals surface area contributed by atoms with E-state index in [2.05, 4.69) is 16.0 Å². The minimum absolute atomic E-state index is 0.159. The molecule has 120 valence electrons. The average molecular weight is 303 g/mol. The lowest BCUT2D eigenvalue weighted by atomic mass is 9.78. The first kappa shape index (κ1) is 15.4. The molecule has 5 heteroatoms. The Labute approximate surface area is 132 Å². The second-order valence-corrected chi connectivity index (χ2v) is 6.49. The van der Waals surface area contributed by atoms with Crippen LogP contribution >= 0.6 is 0 Å². The second-order valence-electron chi connectivity index (χ2n) is 6.49. The van der Waals surface area contributed by atoms with Crippen LogP contribution in [0.3, 0.4) is 0 Å². The number of carbonyl (C=O) groups is 1. The smallest absolute Gasteiger partial charge is 0.230 e. The fourth-order valence-corrected chi connectivity index (χ4v) is 3.80. The fraction of sp³-hybridized carbons (Fsp3) is 0.647. The number of carbonyl (C=O) groups excluding carboxylic acids is 1. The standard InChI is InChI=1S/C17H25N3O2/c1-22-11-10-20-9-6-17(16(20)21)5-3-8-19(14-17)13-15-4-2-7-18-12-15/h2,4,7,12H,3,5-6,8-11,13-14H2,1H3/t17-/m0/s1. The minimum Gasteiger partial charge on any atom is -0.383 e. The third-order valence-corrected chi connectivity index (χ3v) is 4.95. The van der Waals surface area contributed by atoms with E-state index in [-0.39, 0.29) is 5.41 Å². The molecule has 0 unspecified atom stereocenters. The Bertz CT molecular complexity index is 508. The summed E-state index contributed by atoms with van der Waals surface area (Å²) < 4.78 is 5.12. The van der Waals surface area contributed by atoms with Gasteiger partial charge in [-0.1, -0.05) is 6.07 Å². The van der Waals surface area contributed by atoms with Crippen LogP contribution < -0.4 is 0 Å². The number of nitrogens with zero attached hydrogens (tertiary/aromatic N) is 3. The monoisotopic (exact) mass is 303 g/mol. The highest BCUT2D eigenvalue weighted by molar-refractivity contribution is 5.85. The molecule has 3 heterocycles. The fourth-order valence-electron chi connectivity index (χ4n) is 3.80. The highest BCUT2D eigenvalue weighted by Gasteiger charge is 2.48. The zero-order valence-corrected chi connectivity index (χ0v) is 13.3.